The highest BCUT2D eigenvalue weighted by atomic mass is 32.3. The van der Waals surface area contributed by atoms with Crippen LogP contribution < -0.4 is 0 Å². The van der Waals surface area contributed by atoms with Crippen LogP contribution in [0.2, 0.25) is 0 Å². The molecule has 0 saturated carbocycles. The van der Waals surface area contributed by atoms with E-state index in [9.17, 15) is 87.4 Å². The highest BCUT2D eigenvalue weighted by Gasteiger charge is 2.54. The van der Waals surface area contributed by atoms with Crippen molar-refractivity contribution in [1.82, 2.24) is 0 Å². The van der Waals surface area contributed by atoms with Crippen molar-refractivity contribution in [3.8, 4) is 0 Å². The largest absolute Gasteiger partial charge is 0.400 e. The predicted molar refractivity (Wildman–Crippen MR) is 99.1 cm³/mol. The van der Waals surface area contributed by atoms with E-state index in [1.54, 1.807) is 0 Å². The van der Waals surface area contributed by atoms with E-state index in [4.69, 9.17) is 0 Å². The molecule has 0 heterocycles. The van der Waals surface area contributed by atoms with Gasteiger partial charge in [-0.05, 0) is 25.7 Å². The Morgan fingerprint density at radius 1 is 0.341 bits per heavy atom. The first-order valence-corrected chi connectivity index (χ1v) is 12.1. The molecule has 4 nitrogen and oxygen atoms in total. The summed E-state index contributed by atoms with van der Waals surface area (Å²) in [4.78, 5) is 0. The zero-order valence-corrected chi connectivity index (χ0v) is 20.7. The Kier molecular flexibility index (Phi) is 12.6. The van der Waals surface area contributed by atoms with Gasteiger partial charge in [-0.15, -0.1) is 0 Å². The molecule has 248 valence electrons. The van der Waals surface area contributed by atoms with Gasteiger partial charge >= 0.3 is 47.5 Å². The standard InChI is InChI=1S/C18H20F18O4S/c19-13(20,21)5-1-11(9-17(31,32)33,2-6-14(22,23)24)39-41(37,38)40-12(10-18(34,35)36,3-7-15(25,26)27)4-8-16(28,29)30/h1-10H2. The van der Waals surface area contributed by atoms with Crippen LogP contribution in [0, 0.1) is 0 Å². The second-order valence-corrected chi connectivity index (χ2v) is 10.1. The molecule has 0 fully saturated rings. The van der Waals surface area contributed by atoms with E-state index in [-0.39, 0.29) is 0 Å². The highest BCUT2D eigenvalue weighted by Crippen LogP contribution is 2.46. The van der Waals surface area contributed by atoms with Crippen molar-refractivity contribution in [2.75, 3.05) is 0 Å². The van der Waals surface area contributed by atoms with E-state index in [1.807, 2.05) is 0 Å². The molecule has 0 atom stereocenters. The lowest BCUT2D eigenvalue weighted by Crippen LogP contribution is -2.46. The Bertz CT molecular complexity index is 805. The maximum atomic E-state index is 13.2. The monoisotopic (exact) mass is 674 g/mol. The molecule has 41 heavy (non-hydrogen) atoms. The van der Waals surface area contributed by atoms with Crippen molar-refractivity contribution in [3.05, 3.63) is 0 Å². The van der Waals surface area contributed by atoms with Gasteiger partial charge in [-0.3, -0.25) is 0 Å². The first kappa shape index (κ1) is 39.6. The fraction of sp³-hybridized carbons (Fsp3) is 1.00. The normalized spacial score (nSPS) is 15.5. The smallest absolute Gasteiger partial charge is 0.241 e. The average molecular weight is 674 g/mol. The summed E-state index contributed by atoms with van der Waals surface area (Å²) in [6.07, 6.45) is -58.3. The summed E-state index contributed by atoms with van der Waals surface area (Å²) in [7, 11) is -6.78. The Balaban J connectivity index is 6.87. The SMILES string of the molecule is O=S(=O)(OC(CCC(F)(F)F)(CCC(F)(F)F)CC(F)(F)F)OC(CCC(F)(F)F)(CCC(F)(F)F)CC(F)(F)F. The summed E-state index contributed by atoms with van der Waals surface area (Å²) < 4.78 is 264. The molecular weight excluding hydrogens is 654 g/mol. The van der Waals surface area contributed by atoms with Gasteiger partial charge in [-0.25, -0.2) is 8.37 Å². The summed E-state index contributed by atoms with van der Waals surface area (Å²) in [6.45, 7) is 0. The van der Waals surface area contributed by atoms with E-state index >= 15 is 0 Å². The zero-order chi connectivity index (χ0) is 33.0. The molecule has 0 saturated heterocycles. The fourth-order valence-corrected chi connectivity index (χ4v) is 4.84. The molecule has 0 N–H and O–H groups in total. The summed E-state index contributed by atoms with van der Waals surface area (Å²) >= 11 is 0. The van der Waals surface area contributed by atoms with Gasteiger partial charge in [0.1, 0.15) is 0 Å². The summed E-state index contributed by atoms with van der Waals surface area (Å²) in [6, 6.07) is 0. The van der Waals surface area contributed by atoms with Gasteiger partial charge in [-0.2, -0.15) is 87.4 Å². The molecule has 23 heteroatoms. The minimum absolute atomic E-state index is 2.24. The molecule has 0 spiro atoms. The molecular formula is C18H20F18O4S. The fourth-order valence-electron chi connectivity index (χ4n) is 3.49. The van der Waals surface area contributed by atoms with Crippen molar-refractivity contribution in [2.45, 2.75) is 112 Å². The number of hydrogen-bond donors (Lipinski definition) is 0. The number of rotatable bonds is 14. The van der Waals surface area contributed by atoms with Crippen molar-refractivity contribution in [3.63, 3.8) is 0 Å². The Morgan fingerprint density at radius 3 is 0.683 bits per heavy atom. The zero-order valence-electron chi connectivity index (χ0n) is 19.9. The molecule has 0 unspecified atom stereocenters. The van der Waals surface area contributed by atoms with Crippen LogP contribution in [0.5, 0.6) is 0 Å². The van der Waals surface area contributed by atoms with Crippen LogP contribution >= 0.6 is 0 Å². The molecule has 0 radical (unpaired) electrons. The number of alkyl halides is 18. The van der Waals surface area contributed by atoms with Crippen molar-refractivity contribution in [1.29, 1.82) is 0 Å². The van der Waals surface area contributed by atoms with E-state index in [0.717, 1.165) is 0 Å². The summed E-state index contributed by atoms with van der Waals surface area (Å²) in [5, 5.41) is 0. The maximum absolute atomic E-state index is 13.2. The van der Waals surface area contributed by atoms with Gasteiger partial charge in [0.2, 0.25) is 0 Å². The molecule has 0 aromatic heterocycles. The van der Waals surface area contributed by atoms with Crippen LogP contribution in [-0.2, 0) is 18.8 Å². The van der Waals surface area contributed by atoms with Gasteiger partial charge in [0.25, 0.3) is 0 Å². The summed E-state index contributed by atoms with van der Waals surface area (Å²) in [5.74, 6) is 0. The van der Waals surface area contributed by atoms with E-state index < -0.39 is 123 Å². The van der Waals surface area contributed by atoms with Crippen LogP contribution in [-0.4, -0.2) is 56.7 Å². The van der Waals surface area contributed by atoms with Crippen molar-refractivity contribution < 1.29 is 95.8 Å². The van der Waals surface area contributed by atoms with Crippen LogP contribution in [0.4, 0.5) is 79.0 Å². The minimum atomic E-state index is -6.78. The number of halogens is 18. The predicted octanol–water partition coefficient (Wildman–Crippen LogP) is 9.02. The lowest BCUT2D eigenvalue weighted by atomic mass is 9.88. The molecule has 0 rings (SSSR count). The van der Waals surface area contributed by atoms with Crippen LogP contribution in [0.25, 0.3) is 0 Å². The van der Waals surface area contributed by atoms with Gasteiger partial charge in [0, 0.05) is 25.7 Å². The first-order chi connectivity index (χ1) is 17.7. The molecule has 0 aliphatic rings. The Morgan fingerprint density at radius 2 is 0.537 bits per heavy atom. The third-order valence-electron chi connectivity index (χ3n) is 5.06. The maximum Gasteiger partial charge on any atom is 0.400 e. The van der Waals surface area contributed by atoms with E-state index in [1.165, 1.54) is 0 Å². The van der Waals surface area contributed by atoms with E-state index in [2.05, 4.69) is 8.37 Å². The van der Waals surface area contributed by atoms with Crippen LogP contribution in [0.15, 0.2) is 0 Å². The second-order valence-electron chi connectivity index (χ2n) is 8.99. The van der Waals surface area contributed by atoms with Gasteiger partial charge < -0.3 is 0 Å². The topological polar surface area (TPSA) is 52.6 Å². The first-order valence-electron chi connectivity index (χ1n) is 10.7. The Hall–Kier alpha value is -1.39. The molecule has 0 bridgehead atoms. The molecule has 0 aliphatic heterocycles. The third kappa shape index (κ3) is 20.2. The van der Waals surface area contributed by atoms with Crippen LogP contribution in [0.1, 0.15) is 64.2 Å². The van der Waals surface area contributed by atoms with Gasteiger partial charge in [-0.1, -0.05) is 0 Å². The third-order valence-corrected chi connectivity index (χ3v) is 6.17. The lowest BCUT2D eigenvalue weighted by molar-refractivity contribution is -0.205. The van der Waals surface area contributed by atoms with Crippen molar-refractivity contribution in [2.24, 2.45) is 0 Å². The van der Waals surface area contributed by atoms with Crippen LogP contribution in [0.3, 0.4) is 0 Å². The number of hydrogen-bond acceptors (Lipinski definition) is 4. The van der Waals surface area contributed by atoms with Crippen molar-refractivity contribution >= 4 is 10.4 Å². The minimum Gasteiger partial charge on any atom is -0.241 e. The quantitative estimate of drug-likeness (QED) is 0.173. The second kappa shape index (κ2) is 13.1. The molecule has 0 aromatic rings. The van der Waals surface area contributed by atoms with Gasteiger partial charge in [0.05, 0.1) is 24.0 Å². The lowest BCUT2D eigenvalue weighted by Gasteiger charge is -2.38. The molecule has 0 amide bonds. The average Bonchev–Trinajstić information content (AvgIpc) is 2.62. The molecule has 0 aromatic carbocycles. The Labute approximate surface area is 219 Å². The highest BCUT2D eigenvalue weighted by molar-refractivity contribution is 7.81. The molecule has 0 aliphatic carbocycles. The summed E-state index contributed by atoms with van der Waals surface area (Å²) in [5.41, 5.74) is -8.22. The van der Waals surface area contributed by atoms with Gasteiger partial charge in [0.15, 0.2) is 0 Å². The van der Waals surface area contributed by atoms with E-state index in [0.29, 0.717) is 0 Å².